The number of hydrogen-bond acceptors (Lipinski definition) is 2. The lowest BCUT2D eigenvalue weighted by Crippen LogP contribution is -2.27. The number of pyridine rings is 1. The van der Waals surface area contributed by atoms with Crippen LogP contribution in [0, 0.1) is 5.41 Å². The van der Waals surface area contributed by atoms with Gasteiger partial charge in [0.1, 0.15) is 10.4 Å². The summed E-state index contributed by atoms with van der Waals surface area (Å²) in [5, 5.41) is 7.49. The lowest BCUT2D eigenvalue weighted by molar-refractivity contribution is 0.909. The molecule has 0 unspecified atom stereocenters. The molecule has 1 aliphatic rings. The SMILES string of the molecule is N=C(N)C1(c2ccc(Br)nc2)CC1. The minimum atomic E-state index is -0.187. The molecule has 0 atom stereocenters. The first-order valence-electron chi connectivity index (χ1n) is 4.12. The van der Waals surface area contributed by atoms with Gasteiger partial charge in [-0.25, -0.2) is 4.98 Å². The van der Waals surface area contributed by atoms with Gasteiger partial charge in [0.15, 0.2) is 0 Å². The van der Waals surface area contributed by atoms with Gasteiger partial charge in [-0.1, -0.05) is 6.07 Å². The van der Waals surface area contributed by atoms with E-state index in [1.807, 2.05) is 12.1 Å². The largest absolute Gasteiger partial charge is 0.387 e. The van der Waals surface area contributed by atoms with Crippen LogP contribution in [0.3, 0.4) is 0 Å². The molecule has 1 aromatic heterocycles. The Morgan fingerprint density at radius 1 is 1.54 bits per heavy atom. The molecule has 1 aromatic rings. The number of halogens is 1. The number of nitrogens with one attached hydrogen (secondary N) is 1. The van der Waals surface area contributed by atoms with Crippen molar-refractivity contribution in [2.45, 2.75) is 18.3 Å². The molecule has 0 radical (unpaired) electrons. The Bertz CT molecular complexity index is 340. The quantitative estimate of drug-likeness (QED) is 0.470. The first kappa shape index (κ1) is 8.69. The van der Waals surface area contributed by atoms with E-state index in [1.54, 1.807) is 6.20 Å². The molecule has 1 fully saturated rings. The van der Waals surface area contributed by atoms with Crippen molar-refractivity contribution in [3.05, 3.63) is 28.5 Å². The summed E-state index contributed by atoms with van der Waals surface area (Å²) >= 11 is 3.27. The normalized spacial score (nSPS) is 18.2. The summed E-state index contributed by atoms with van der Waals surface area (Å²) in [6, 6.07) is 3.86. The van der Waals surface area contributed by atoms with Crippen LogP contribution in [0.25, 0.3) is 0 Å². The van der Waals surface area contributed by atoms with Crippen molar-refractivity contribution in [2.24, 2.45) is 5.73 Å². The van der Waals surface area contributed by atoms with Crippen LogP contribution in [0.2, 0.25) is 0 Å². The Balaban J connectivity index is 2.36. The lowest BCUT2D eigenvalue weighted by atomic mass is 9.97. The van der Waals surface area contributed by atoms with Crippen molar-refractivity contribution in [1.29, 1.82) is 5.41 Å². The molecule has 3 N–H and O–H groups in total. The van der Waals surface area contributed by atoms with Gasteiger partial charge >= 0.3 is 0 Å². The van der Waals surface area contributed by atoms with Crippen LogP contribution in [0.5, 0.6) is 0 Å². The number of aromatic nitrogens is 1. The molecule has 0 spiro atoms. The average molecular weight is 240 g/mol. The number of hydrogen-bond donors (Lipinski definition) is 2. The topological polar surface area (TPSA) is 62.8 Å². The first-order valence-corrected chi connectivity index (χ1v) is 4.91. The van der Waals surface area contributed by atoms with Crippen molar-refractivity contribution < 1.29 is 0 Å². The van der Waals surface area contributed by atoms with E-state index in [-0.39, 0.29) is 11.3 Å². The van der Waals surface area contributed by atoms with Gasteiger partial charge in [0.05, 0.1) is 5.41 Å². The zero-order valence-electron chi connectivity index (χ0n) is 7.05. The molecule has 1 heterocycles. The fourth-order valence-electron chi connectivity index (χ4n) is 1.50. The molecule has 0 aromatic carbocycles. The van der Waals surface area contributed by atoms with E-state index in [4.69, 9.17) is 11.1 Å². The fourth-order valence-corrected chi connectivity index (χ4v) is 1.73. The van der Waals surface area contributed by atoms with E-state index >= 15 is 0 Å². The van der Waals surface area contributed by atoms with Gasteiger partial charge in [0, 0.05) is 6.20 Å². The Morgan fingerprint density at radius 2 is 2.23 bits per heavy atom. The highest BCUT2D eigenvalue weighted by Crippen LogP contribution is 2.47. The molecule has 1 aliphatic carbocycles. The maximum absolute atomic E-state index is 7.49. The molecule has 1 saturated carbocycles. The minimum absolute atomic E-state index is 0.187. The summed E-state index contributed by atoms with van der Waals surface area (Å²) in [7, 11) is 0. The Labute approximate surface area is 85.0 Å². The Morgan fingerprint density at radius 3 is 2.62 bits per heavy atom. The molecule has 0 bridgehead atoms. The first-order chi connectivity index (χ1) is 6.15. The molecule has 0 aliphatic heterocycles. The van der Waals surface area contributed by atoms with Crippen LogP contribution in [-0.2, 0) is 5.41 Å². The van der Waals surface area contributed by atoms with Gasteiger partial charge in [0.25, 0.3) is 0 Å². The van der Waals surface area contributed by atoms with Crippen molar-refractivity contribution in [1.82, 2.24) is 4.98 Å². The molecule has 2 rings (SSSR count). The van der Waals surface area contributed by atoms with E-state index in [0.29, 0.717) is 0 Å². The maximum atomic E-state index is 7.49. The summed E-state index contributed by atoms with van der Waals surface area (Å²) in [5.41, 5.74) is 6.42. The second-order valence-electron chi connectivity index (χ2n) is 3.37. The van der Waals surface area contributed by atoms with E-state index in [2.05, 4.69) is 20.9 Å². The number of rotatable bonds is 2. The van der Waals surface area contributed by atoms with E-state index < -0.39 is 0 Å². The van der Waals surface area contributed by atoms with Crippen LogP contribution in [0.15, 0.2) is 22.9 Å². The molecule has 68 valence electrons. The molecule has 3 nitrogen and oxygen atoms in total. The zero-order valence-corrected chi connectivity index (χ0v) is 8.63. The predicted octanol–water partition coefficient (Wildman–Crippen LogP) is 1.81. The summed E-state index contributed by atoms with van der Waals surface area (Å²) in [6.07, 6.45) is 3.75. The third-order valence-electron chi connectivity index (χ3n) is 2.55. The van der Waals surface area contributed by atoms with E-state index in [1.165, 1.54) is 0 Å². The molecule has 13 heavy (non-hydrogen) atoms. The molecule has 4 heteroatoms. The number of nitrogens with zero attached hydrogens (tertiary/aromatic N) is 1. The Kier molecular flexibility index (Phi) is 1.87. The highest BCUT2D eigenvalue weighted by molar-refractivity contribution is 9.10. The van der Waals surface area contributed by atoms with Crippen LogP contribution >= 0.6 is 15.9 Å². The molecule has 0 amide bonds. The molecule has 0 saturated heterocycles. The fraction of sp³-hybridized carbons (Fsp3) is 0.333. The highest BCUT2D eigenvalue weighted by Gasteiger charge is 2.47. The predicted molar refractivity (Wildman–Crippen MR) is 54.8 cm³/mol. The van der Waals surface area contributed by atoms with Gasteiger partial charge in [-0.2, -0.15) is 0 Å². The molecular formula is C9H10BrN3. The van der Waals surface area contributed by atoms with Gasteiger partial charge in [-0.05, 0) is 40.4 Å². The summed E-state index contributed by atoms with van der Waals surface area (Å²) < 4.78 is 0.815. The van der Waals surface area contributed by atoms with Crippen LogP contribution in [0.1, 0.15) is 18.4 Å². The highest BCUT2D eigenvalue weighted by atomic mass is 79.9. The number of amidine groups is 1. The third kappa shape index (κ3) is 1.35. The second-order valence-corrected chi connectivity index (χ2v) is 4.18. The van der Waals surface area contributed by atoms with Gasteiger partial charge in [-0.15, -0.1) is 0 Å². The van der Waals surface area contributed by atoms with Crippen LogP contribution in [-0.4, -0.2) is 10.8 Å². The minimum Gasteiger partial charge on any atom is -0.387 e. The van der Waals surface area contributed by atoms with Crippen LogP contribution < -0.4 is 5.73 Å². The lowest BCUT2D eigenvalue weighted by Gasteiger charge is -2.12. The Hall–Kier alpha value is -0.900. The monoisotopic (exact) mass is 239 g/mol. The maximum Gasteiger partial charge on any atom is 0.106 e. The summed E-state index contributed by atoms with van der Waals surface area (Å²) in [5.74, 6) is 0.261. The average Bonchev–Trinajstić information content (AvgIpc) is 2.86. The smallest absolute Gasteiger partial charge is 0.106 e. The zero-order chi connectivity index (χ0) is 9.47. The third-order valence-corrected chi connectivity index (χ3v) is 3.01. The van der Waals surface area contributed by atoms with E-state index in [9.17, 15) is 0 Å². The van der Waals surface area contributed by atoms with Crippen molar-refractivity contribution in [3.63, 3.8) is 0 Å². The van der Waals surface area contributed by atoms with Crippen molar-refractivity contribution in [3.8, 4) is 0 Å². The van der Waals surface area contributed by atoms with Crippen molar-refractivity contribution in [2.75, 3.05) is 0 Å². The van der Waals surface area contributed by atoms with Gasteiger partial charge in [-0.3, -0.25) is 5.41 Å². The molecular weight excluding hydrogens is 230 g/mol. The van der Waals surface area contributed by atoms with Crippen LogP contribution in [0.4, 0.5) is 0 Å². The van der Waals surface area contributed by atoms with Gasteiger partial charge in [0.2, 0.25) is 0 Å². The van der Waals surface area contributed by atoms with E-state index in [0.717, 1.165) is 23.0 Å². The summed E-state index contributed by atoms with van der Waals surface area (Å²) in [4.78, 5) is 4.13. The van der Waals surface area contributed by atoms with Gasteiger partial charge < -0.3 is 5.73 Å². The second kappa shape index (κ2) is 2.80. The summed E-state index contributed by atoms with van der Waals surface area (Å²) in [6.45, 7) is 0. The van der Waals surface area contributed by atoms with Crippen molar-refractivity contribution >= 4 is 21.8 Å². The standard InChI is InChI=1S/C9H10BrN3/c10-7-2-1-6(5-13-7)9(3-4-9)8(11)12/h1-2,5H,3-4H2,(H3,11,12). The number of nitrogens with two attached hydrogens (primary N) is 1.